The molecule has 0 N–H and O–H groups in total. The third-order valence-corrected chi connectivity index (χ3v) is 8.76. The van der Waals surface area contributed by atoms with Crippen LogP contribution in [0.2, 0.25) is 0 Å². The number of sulfonamides is 1. The summed E-state index contributed by atoms with van der Waals surface area (Å²) in [7, 11) is -2.06. The molecule has 0 amide bonds. The van der Waals surface area contributed by atoms with Crippen molar-refractivity contribution in [2.24, 2.45) is 0 Å². The minimum absolute atomic E-state index is 0.296. The van der Waals surface area contributed by atoms with Crippen molar-refractivity contribution < 1.29 is 13.2 Å². The van der Waals surface area contributed by atoms with Gasteiger partial charge >= 0.3 is 0 Å². The van der Waals surface area contributed by atoms with Crippen molar-refractivity contribution in [2.45, 2.75) is 43.7 Å². The van der Waals surface area contributed by atoms with E-state index in [1.165, 1.54) is 29.3 Å². The fourth-order valence-corrected chi connectivity index (χ4v) is 6.11. The summed E-state index contributed by atoms with van der Waals surface area (Å²) in [5.74, 6) is 0. The second-order valence-electron chi connectivity index (χ2n) is 9.32. The first-order valence-electron chi connectivity index (χ1n) is 12.4. The minimum atomic E-state index is -3.65. The fraction of sp³-hybridized carbons (Fsp3) is 0.379. The molecule has 0 saturated carbocycles. The van der Waals surface area contributed by atoms with Gasteiger partial charge in [0.1, 0.15) is 0 Å². The number of hydrogen-bond donors (Lipinski definition) is 0. The molecule has 0 spiro atoms. The number of benzene rings is 3. The standard InChI is InChI=1S/C29H36N2O3S/c1-24-7-6-19-30(24)20-18-25-10-12-27(13-11-25)28-14-16-29(17-15-28)35(32,33)31(21-22-34-2)23-26-8-4-3-5-9-26/h3-5,8-17,24H,6-7,18-23H2,1-2H3. The van der Waals surface area contributed by atoms with Crippen LogP contribution in [0.15, 0.2) is 83.8 Å². The number of rotatable bonds is 11. The lowest BCUT2D eigenvalue weighted by Gasteiger charge is -2.22. The van der Waals surface area contributed by atoms with Gasteiger partial charge in [0, 0.05) is 32.8 Å². The first-order valence-corrected chi connectivity index (χ1v) is 13.9. The molecule has 35 heavy (non-hydrogen) atoms. The Balaban J connectivity index is 1.44. The van der Waals surface area contributed by atoms with Crippen LogP contribution in [0.4, 0.5) is 0 Å². The van der Waals surface area contributed by atoms with Gasteiger partial charge in [0.25, 0.3) is 0 Å². The average Bonchev–Trinajstić information content (AvgIpc) is 3.30. The van der Waals surface area contributed by atoms with Crippen LogP contribution in [0.1, 0.15) is 30.9 Å². The number of likely N-dealkylation sites (tertiary alicyclic amines) is 1. The highest BCUT2D eigenvalue weighted by Gasteiger charge is 2.24. The zero-order chi connectivity index (χ0) is 24.7. The third kappa shape index (κ3) is 6.58. The van der Waals surface area contributed by atoms with Gasteiger partial charge in [-0.15, -0.1) is 0 Å². The molecule has 1 saturated heterocycles. The van der Waals surface area contributed by atoms with Gasteiger partial charge in [-0.1, -0.05) is 66.7 Å². The molecular formula is C29H36N2O3S. The SMILES string of the molecule is COCCN(Cc1ccccc1)S(=O)(=O)c1ccc(-c2ccc(CCN3CCCC3C)cc2)cc1. The first kappa shape index (κ1) is 25.6. The number of hydrogen-bond acceptors (Lipinski definition) is 4. The van der Waals surface area contributed by atoms with Crippen LogP contribution in [-0.2, 0) is 27.7 Å². The van der Waals surface area contributed by atoms with Gasteiger partial charge in [0.15, 0.2) is 0 Å². The normalized spacial score (nSPS) is 16.7. The van der Waals surface area contributed by atoms with Crippen molar-refractivity contribution in [1.82, 2.24) is 9.21 Å². The summed E-state index contributed by atoms with van der Waals surface area (Å²) in [6.45, 7) is 5.59. The highest BCUT2D eigenvalue weighted by molar-refractivity contribution is 7.89. The van der Waals surface area contributed by atoms with E-state index >= 15 is 0 Å². The molecule has 1 heterocycles. The van der Waals surface area contributed by atoms with E-state index in [0.29, 0.717) is 30.6 Å². The topological polar surface area (TPSA) is 49.9 Å². The van der Waals surface area contributed by atoms with E-state index in [2.05, 4.69) is 36.1 Å². The Morgan fingerprint density at radius 2 is 1.57 bits per heavy atom. The number of methoxy groups -OCH3 is 1. The molecule has 1 fully saturated rings. The van der Waals surface area contributed by atoms with E-state index in [4.69, 9.17) is 4.74 Å². The summed E-state index contributed by atoms with van der Waals surface area (Å²) < 4.78 is 33.5. The van der Waals surface area contributed by atoms with E-state index < -0.39 is 10.0 Å². The maximum atomic E-state index is 13.4. The lowest BCUT2D eigenvalue weighted by molar-refractivity contribution is 0.177. The van der Waals surface area contributed by atoms with Gasteiger partial charge in [0.05, 0.1) is 11.5 Å². The summed E-state index contributed by atoms with van der Waals surface area (Å²) in [5.41, 5.74) is 4.38. The van der Waals surface area contributed by atoms with Crippen molar-refractivity contribution >= 4 is 10.0 Å². The lowest BCUT2D eigenvalue weighted by atomic mass is 10.0. The van der Waals surface area contributed by atoms with Crippen molar-refractivity contribution in [3.05, 3.63) is 90.0 Å². The fourth-order valence-electron chi connectivity index (χ4n) is 4.69. The van der Waals surface area contributed by atoms with Gasteiger partial charge in [0.2, 0.25) is 10.0 Å². The molecule has 3 aromatic carbocycles. The minimum Gasteiger partial charge on any atom is -0.383 e. The van der Waals surface area contributed by atoms with E-state index in [1.54, 1.807) is 19.2 Å². The zero-order valence-electron chi connectivity index (χ0n) is 20.8. The zero-order valence-corrected chi connectivity index (χ0v) is 21.6. The summed E-state index contributed by atoms with van der Waals surface area (Å²) in [6.07, 6.45) is 3.67. The Bertz CT molecular complexity index is 1160. The Hall–Kier alpha value is -2.51. The lowest BCUT2D eigenvalue weighted by Crippen LogP contribution is -2.33. The quantitative estimate of drug-likeness (QED) is 0.368. The second-order valence-corrected chi connectivity index (χ2v) is 11.3. The molecule has 0 bridgehead atoms. The van der Waals surface area contributed by atoms with Crippen LogP contribution < -0.4 is 0 Å². The monoisotopic (exact) mass is 492 g/mol. The van der Waals surface area contributed by atoms with Crippen molar-refractivity contribution in [3.8, 4) is 11.1 Å². The van der Waals surface area contributed by atoms with E-state index in [9.17, 15) is 8.42 Å². The van der Waals surface area contributed by atoms with Gasteiger partial charge < -0.3 is 9.64 Å². The largest absolute Gasteiger partial charge is 0.383 e. The molecule has 0 aromatic heterocycles. The van der Waals surface area contributed by atoms with Gasteiger partial charge in [-0.25, -0.2) is 8.42 Å². The Labute approximate surface area is 210 Å². The average molecular weight is 493 g/mol. The second kappa shape index (κ2) is 12.0. The van der Waals surface area contributed by atoms with E-state index in [0.717, 1.165) is 29.7 Å². The van der Waals surface area contributed by atoms with E-state index in [-0.39, 0.29) is 0 Å². The predicted octanol–water partition coefficient (Wildman–Crippen LogP) is 5.22. The van der Waals surface area contributed by atoms with Crippen molar-refractivity contribution in [3.63, 3.8) is 0 Å². The molecule has 0 radical (unpaired) electrons. The molecule has 1 aliphatic heterocycles. The molecule has 5 nitrogen and oxygen atoms in total. The molecule has 3 aromatic rings. The van der Waals surface area contributed by atoms with Crippen molar-refractivity contribution in [2.75, 3.05) is 33.4 Å². The van der Waals surface area contributed by atoms with Gasteiger partial charge in [-0.2, -0.15) is 4.31 Å². The maximum Gasteiger partial charge on any atom is 0.243 e. The molecular weight excluding hydrogens is 456 g/mol. The van der Waals surface area contributed by atoms with E-state index in [1.807, 2.05) is 42.5 Å². The summed E-state index contributed by atoms with van der Waals surface area (Å²) in [5, 5.41) is 0. The Kier molecular flexibility index (Phi) is 8.74. The third-order valence-electron chi connectivity index (χ3n) is 6.90. The van der Waals surface area contributed by atoms with Gasteiger partial charge in [-0.05, 0) is 67.1 Å². The molecule has 186 valence electrons. The summed E-state index contributed by atoms with van der Waals surface area (Å²) >= 11 is 0. The Morgan fingerprint density at radius 3 is 2.17 bits per heavy atom. The van der Waals surface area contributed by atoms with Crippen molar-refractivity contribution in [1.29, 1.82) is 0 Å². The van der Waals surface area contributed by atoms with Crippen LogP contribution in [0.3, 0.4) is 0 Å². The summed E-state index contributed by atoms with van der Waals surface area (Å²) in [6, 6.07) is 26.2. The molecule has 1 aliphatic rings. The summed E-state index contributed by atoms with van der Waals surface area (Å²) in [4.78, 5) is 2.87. The smallest absolute Gasteiger partial charge is 0.243 e. The molecule has 1 atom stereocenters. The molecule has 0 aliphatic carbocycles. The highest BCUT2D eigenvalue weighted by Crippen LogP contribution is 2.25. The number of nitrogens with zero attached hydrogens (tertiary/aromatic N) is 2. The van der Waals surface area contributed by atoms with Gasteiger partial charge in [-0.3, -0.25) is 0 Å². The molecule has 1 unspecified atom stereocenters. The van der Waals surface area contributed by atoms with Crippen LogP contribution in [0.5, 0.6) is 0 Å². The van der Waals surface area contributed by atoms with Crippen LogP contribution >= 0.6 is 0 Å². The van der Waals surface area contributed by atoms with Crippen LogP contribution in [0.25, 0.3) is 11.1 Å². The molecule has 6 heteroatoms. The highest BCUT2D eigenvalue weighted by atomic mass is 32.2. The van der Waals surface area contributed by atoms with Crippen LogP contribution in [-0.4, -0.2) is 57.0 Å². The first-order chi connectivity index (χ1) is 17.0. The van der Waals surface area contributed by atoms with Crippen LogP contribution in [0, 0.1) is 0 Å². The molecule has 4 rings (SSSR count). The predicted molar refractivity (Wildman–Crippen MR) is 142 cm³/mol. The maximum absolute atomic E-state index is 13.4. The Morgan fingerprint density at radius 1 is 0.914 bits per heavy atom. The number of ether oxygens (including phenoxy) is 1.